The number of carbonyl (C=O) groups is 1. The Balaban J connectivity index is 1.53. The minimum atomic E-state index is 0.0645. The first-order valence-electron chi connectivity index (χ1n) is 11.0. The van der Waals surface area contributed by atoms with Crippen LogP contribution in [0.15, 0.2) is 59.1 Å². The summed E-state index contributed by atoms with van der Waals surface area (Å²) in [6, 6.07) is 18.1. The number of methoxy groups -OCH3 is 1. The molecule has 0 atom stereocenters. The number of benzene rings is 2. The second-order valence-electron chi connectivity index (χ2n) is 8.28. The third kappa shape index (κ3) is 3.91. The summed E-state index contributed by atoms with van der Waals surface area (Å²) < 4.78 is 12.9. The highest BCUT2D eigenvalue weighted by Crippen LogP contribution is 2.34. The van der Waals surface area contributed by atoms with Crippen molar-refractivity contribution in [3.63, 3.8) is 0 Å². The first-order valence-corrected chi connectivity index (χ1v) is 11.0. The third-order valence-corrected chi connectivity index (χ3v) is 6.24. The van der Waals surface area contributed by atoms with E-state index in [2.05, 4.69) is 21.9 Å². The maximum absolute atomic E-state index is 13.2. The molecule has 0 fully saturated rings. The van der Waals surface area contributed by atoms with Gasteiger partial charge in [0.25, 0.3) is 0 Å². The van der Waals surface area contributed by atoms with Gasteiger partial charge in [-0.25, -0.2) is 4.98 Å². The van der Waals surface area contributed by atoms with Crippen LogP contribution in [-0.4, -0.2) is 39.2 Å². The minimum absolute atomic E-state index is 0.0645. The molecule has 0 bridgehead atoms. The summed E-state index contributed by atoms with van der Waals surface area (Å²) in [7, 11) is 1.66. The molecule has 7 heteroatoms. The molecule has 0 saturated carbocycles. The monoisotopic (exact) mass is 442 g/mol. The average molecular weight is 443 g/mol. The Morgan fingerprint density at radius 3 is 2.58 bits per heavy atom. The van der Waals surface area contributed by atoms with Gasteiger partial charge in [-0.05, 0) is 26.0 Å². The predicted molar refractivity (Wildman–Crippen MR) is 125 cm³/mol. The fraction of sp³-hybridized carbons (Fsp3) is 0.269. The van der Waals surface area contributed by atoms with Crippen molar-refractivity contribution in [2.75, 3.05) is 13.7 Å². The van der Waals surface area contributed by atoms with Gasteiger partial charge in [0, 0.05) is 29.8 Å². The lowest BCUT2D eigenvalue weighted by molar-refractivity contribution is -0.131. The number of ether oxygens (including phenoxy) is 1. The molecular weight excluding hydrogens is 416 g/mol. The summed E-state index contributed by atoms with van der Waals surface area (Å²) in [6.45, 7) is 5.53. The largest absolute Gasteiger partial charge is 0.497 e. The highest BCUT2D eigenvalue weighted by Gasteiger charge is 2.28. The lowest BCUT2D eigenvalue weighted by Crippen LogP contribution is -2.39. The van der Waals surface area contributed by atoms with E-state index in [1.807, 2.05) is 61.2 Å². The maximum atomic E-state index is 13.2. The molecular formula is C26H26N4O3. The number of hydrogen-bond acceptors (Lipinski definition) is 5. The molecule has 0 N–H and O–H groups in total. The Labute approximate surface area is 192 Å². The van der Waals surface area contributed by atoms with Gasteiger partial charge in [0.1, 0.15) is 17.3 Å². The number of aryl methyl sites for hydroxylation is 2. The number of aromatic nitrogens is 3. The number of rotatable bonds is 5. The molecule has 1 aliphatic heterocycles. The van der Waals surface area contributed by atoms with E-state index in [4.69, 9.17) is 14.2 Å². The molecule has 0 aliphatic carbocycles. The lowest BCUT2D eigenvalue weighted by atomic mass is 10.1. The van der Waals surface area contributed by atoms with E-state index >= 15 is 0 Å². The Kier molecular flexibility index (Phi) is 5.46. The maximum Gasteiger partial charge on any atom is 0.227 e. The number of imidazole rings is 1. The van der Waals surface area contributed by atoms with Crippen molar-refractivity contribution < 1.29 is 14.1 Å². The molecule has 3 heterocycles. The molecule has 33 heavy (non-hydrogen) atoms. The van der Waals surface area contributed by atoms with Crippen LogP contribution in [0.5, 0.6) is 5.75 Å². The highest BCUT2D eigenvalue weighted by atomic mass is 16.5. The molecule has 1 amide bonds. The number of fused-ring (bicyclic) bond motifs is 1. The number of amides is 1. The summed E-state index contributed by atoms with van der Waals surface area (Å²) in [5, 5.41) is 3.99. The van der Waals surface area contributed by atoms with Crippen molar-refractivity contribution in [2.45, 2.75) is 33.4 Å². The van der Waals surface area contributed by atoms with E-state index in [-0.39, 0.29) is 12.3 Å². The van der Waals surface area contributed by atoms with Gasteiger partial charge in [0.2, 0.25) is 5.91 Å². The van der Waals surface area contributed by atoms with Crippen molar-refractivity contribution in [3.05, 3.63) is 77.3 Å². The molecule has 2 aromatic carbocycles. The zero-order chi connectivity index (χ0) is 22.9. The summed E-state index contributed by atoms with van der Waals surface area (Å²) in [6.07, 6.45) is 0.287. The topological polar surface area (TPSA) is 73.4 Å². The smallest absolute Gasteiger partial charge is 0.227 e. The van der Waals surface area contributed by atoms with Crippen LogP contribution < -0.4 is 4.74 Å². The van der Waals surface area contributed by atoms with Crippen molar-refractivity contribution in [2.24, 2.45) is 0 Å². The molecule has 0 unspecified atom stereocenters. The zero-order valence-corrected chi connectivity index (χ0v) is 19.0. The van der Waals surface area contributed by atoms with Crippen LogP contribution in [-0.2, 0) is 24.3 Å². The van der Waals surface area contributed by atoms with Crippen LogP contribution in [0.2, 0.25) is 0 Å². The molecule has 0 radical (unpaired) electrons. The van der Waals surface area contributed by atoms with Gasteiger partial charge in [-0.2, -0.15) is 0 Å². The van der Waals surface area contributed by atoms with Crippen molar-refractivity contribution in [1.82, 2.24) is 19.6 Å². The van der Waals surface area contributed by atoms with Crippen molar-refractivity contribution in [3.8, 4) is 28.4 Å². The Bertz CT molecular complexity index is 1290. The van der Waals surface area contributed by atoms with Crippen LogP contribution in [0, 0.1) is 13.8 Å². The van der Waals surface area contributed by atoms with Gasteiger partial charge in [-0.3, -0.25) is 4.79 Å². The summed E-state index contributed by atoms with van der Waals surface area (Å²) in [5.74, 6) is 2.46. The highest BCUT2D eigenvalue weighted by molar-refractivity contribution is 5.80. The van der Waals surface area contributed by atoms with Gasteiger partial charge in [-0.1, -0.05) is 47.6 Å². The second-order valence-corrected chi connectivity index (χ2v) is 8.28. The van der Waals surface area contributed by atoms with Crippen LogP contribution in [0.1, 0.15) is 22.7 Å². The second kappa shape index (κ2) is 8.58. The predicted octanol–water partition coefficient (Wildman–Crippen LogP) is 4.42. The Morgan fingerprint density at radius 2 is 1.85 bits per heavy atom. The molecule has 0 saturated heterocycles. The van der Waals surface area contributed by atoms with Crippen LogP contribution in [0.25, 0.3) is 22.6 Å². The summed E-state index contributed by atoms with van der Waals surface area (Å²) >= 11 is 0. The van der Waals surface area contributed by atoms with Gasteiger partial charge in [0.05, 0.1) is 37.2 Å². The summed E-state index contributed by atoms with van der Waals surface area (Å²) in [4.78, 5) is 20.2. The van der Waals surface area contributed by atoms with E-state index in [1.165, 1.54) is 0 Å². The van der Waals surface area contributed by atoms with Gasteiger partial charge in [0.15, 0.2) is 0 Å². The van der Waals surface area contributed by atoms with E-state index in [9.17, 15) is 4.79 Å². The molecule has 7 nitrogen and oxygen atoms in total. The minimum Gasteiger partial charge on any atom is -0.497 e. The average Bonchev–Trinajstić information content (AvgIpc) is 3.39. The SMILES string of the molecule is COc1cccc(-c2nc(-c3ccccc3)n3c2CN(C(=O)Cc2c(C)noc2C)CC3)c1. The zero-order valence-electron chi connectivity index (χ0n) is 19.0. The Hall–Kier alpha value is -3.87. The van der Waals surface area contributed by atoms with Gasteiger partial charge < -0.3 is 18.7 Å². The van der Waals surface area contributed by atoms with Crippen molar-refractivity contribution in [1.29, 1.82) is 0 Å². The molecule has 1 aliphatic rings. The van der Waals surface area contributed by atoms with E-state index in [1.54, 1.807) is 7.11 Å². The lowest BCUT2D eigenvalue weighted by Gasteiger charge is -2.29. The number of hydrogen-bond donors (Lipinski definition) is 0. The summed E-state index contributed by atoms with van der Waals surface area (Å²) in [5.41, 5.74) is 5.58. The quantitative estimate of drug-likeness (QED) is 0.458. The normalized spacial score (nSPS) is 13.1. The first kappa shape index (κ1) is 21.0. The number of carbonyl (C=O) groups excluding carboxylic acids is 1. The first-order chi connectivity index (χ1) is 16.0. The fourth-order valence-electron chi connectivity index (χ4n) is 4.41. The standard InChI is InChI=1S/C26H26N4O3/c1-17-22(18(2)33-28-17)15-24(31)29-12-13-30-23(16-29)25(20-10-7-11-21(14-20)32-3)27-26(30)19-8-5-4-6-9-19/h4-11,14H,12-13,15-16H2,1-3H3. The Morgan fingerprint density at radius 1 is 1.06 bits per heavy atom. The van der Waals surface area contributed by atoms with Crippen LogP contribution in [0.4, 0.5) is 0 Å². The van der Waals surface area contributed by atoms with Crippen LogP contribution >= 0.6 is 0 Å². The molecule has 168 valence electrons. The van der Waals surface area contributed by atoms with E-state index in [0.717, 1.165) is 45.3 Å². The molecule has 4 aromatic rings. The number of nitrogens with zero attached hydrogens (tertiary/aromatic N) is 4. The van der Waals surface area contributed by atoms with Crippen LogP contribution in [0.3, 0.4) is 0 Å². The molecule has 0 spiro atoms. The van der Waals surface area contributed by atoms with Gasteiger partial charge >= 0.3 is 0 Å². The van der Waals surface area contributed by atoms with E-state index < -0.39 is 0 Å². The fourth-order valence-corrected chi connectivity index (χ4v) is 4.41. The van der Waals surface area contributed by atoms with Gasteiger partial charge in [-0.15, -0.1) is 0 Å². The van der Waals surface area contributed by atoms with E-state index in [0.29, 0.717) is 25.4 Å². The molecule has 5 rings (SSSR count). The third-order valence-electron chi connectivity index (χ3n) is 6.24. The molecule has 2 aromatic heterocycles. The van der Waals surface area contributed by atoms with Crippen molar-refractivity contribution >= 4 is 5.91 Å².